The zero-order valence-electron chi connectivity index (χ0n) is 13.2. The number of hydrogen-bond donors (Lipinski definition) is 0. The number of carbonyl (C=O) groups is 1. The van der Waals surface area contributed by atoms with Gasteiger partial charge in [-0.1, -0.05) is 45.1 Å². The molecule has 1 aromatic heterocycles. The number of hydrogen-bond acceptors (Lipinski definition) is 2. The summed E-state index contributed by atoms with van der Waals surface area (Å²) in [5.74, 6) is -1.08. The summed E-state index contributed by atoms with van der Waals surface area (Å²) >= 11 is 0. The Labute approximate surface area is 123 Å². The van der Waals surface area contributed by atoms with Crippen LogP contribution in [0.25, 0.3) is 0 Å². The molecule has 0 amide bonds. The number of aryl methyl sites for hydroxylation is 2. The summed E-state index contributed by atoms with van der Waals surface area (Å²) in [6.45, 7) is 6.61. The molecule has 0 bridgehead atoms. The number of carboxylic acid groups (broad SMARTS) is 1. The average Bonchev–Trinajstić information content (AvgIpc) is 2.39. The smallest absolute Gasteiger partial charge is 0.178 e. The number of carbonyl (C=O) groups excluding carboxylic acids is 1. The normalized spacial score (nSPS) is 9.75. The molecule has 0 saturated carbocycles. The van der Waals surface area contributed by atoms with Crippen molar-refractivity contribution >= 4 is 5.97 Å². The second-order valence-corrected chi connectivity index (χ2v) is 5.15. The van der Waals surface area contributed by atoms with Crippen LogP contribution in [-0.2, 0) is 11.3 Å². The Morgan fingerprint density at radius 2 is 1.65 bits per heavy atom. The molecule has 0 fully saturated rings. The molecule has 0 aromatic carbocycles. The molecule has 20 heavy (non-hydrogen) atoms. The van der Waals surface area contributed by atoms with E-state index in [9.17, 15) is 0 Å². The fourth-order valence-electron chi connectivity index (χ4n) is 2.05. The van der Waals surface area contributed by atoms with Gasteiger partial charge in [0.15, 0.2) is 11.9 Å². The molecule has 114 valence electrons. The maximum atomic E-state index is 8.89. The molecule has 0 aliphatic heterocycles. The Bertz CT molecular complexity index is 360. The maximum absolute atomic E-state index is 8.89. The van der Waals surface area contributed by atoms with Gasteiger partial charge in [-0.2, -0.15) is 0 Å². The number of rotatable bonds is 8. The minimum Gasteiger partial charge on any atom is -0.550 e. The molecular weight excluding hydrogens is 250 g/mol. The Morgan fingerprint density at radius 1 is 1.10 bits per heavy atom. The van der Waals surface area contributed by atoms with Crippen molar-refractivity contribution in [1.82, 2.24) is 0 Å². The van der Waals surface area contributed by atoms with E-state index in [1.54, 1.807) is 0 Å². The van der Waals surface area contributed by atoms with E-state index in [1.165, 1.54) is 57.2 Å². The SMILES string of the molecule is CC(=O)[O-].CCCCCCCCC[n+]1ccccc1C. The molecule has 1 rings (SSSR count). The lowest BCUT2D eigenvalue weighted by atomic mass is 10.1. The van der Waals surface area contributed by atoms with Crippen LogP contribution < -0.4 is 9.67 Å². The summed E-state index contributed by atoms with van der Waals surface area (Å²) in [5, 5.41) is 8.89. The van der Waals surface area contributed by atoms with Crippen LogP contribution in [-0.4, -0.2) is 5.97 Å². The van der Waals surface area contributed by atoms with Gasteiger partial charge in [0.2, 0.25) is 0 Å². The number of aliphatic carboxylic acids is 1. The highest BCUT2D eigenvalue weighted by Gasteiger charge is 2.02. The van der Waals surface area contributed by atoms with Crippen molar-refractivity contribution in [2.24, 2.45) is 0 Å². The third-order valence-corrected chi connectivity index (χ3v) is 3.17. The minimum atomic E-state index is -1.08. The molecule has 0 aliphatic carbocycles. The van der Waals surface area contributed by atoms with E-state index in [1.807, 2.05) is 0 Å². The first-order valence-corrected chi connectivity index (χ1v) is 7.70. The minimum absolute atomic E-state index is 0.972. The summed E-state index contributed by atoms with van der Waals surface area (Å²) < 4.78 is 2.35. The van der Waals surface area contributed by atoms with E-state index in [0.717, 1.165) is 6.92 Å². The van der Waals surface area contributed by atoms with Gasteiger partial charge in [0.1, 0.15) is 6.54 Å². The monoisotopic (exact) mass is 279 g/mol. The zero-order valence-corrected chi connectivity index (χ0v) is 13.2. The second kappa shape index (κ2) is 12.6. The summed E-state index contributed by atoms with van der Waals surface area (Å²) in [4.78, 5) is 8.89. The molecular formula is C17H29NO2. The van der Waals surface area contributed by atoms with Gasteiger partial charge in [-0.15, -0.1) is 0 Å². The standard InChI is InChI=1S/C15H26N.C2H4O2/c1-3-4-5-6-7-8-10-13-16-14-11-9-12-15(16)2;1-2(3)4/h9,11-12,14H,3-8,10,13H2,1-2H3;1H3,(H,3,4)/q+1;/p-1. The lowest BCUT2D eigenvalue weighted by molar-refractivity contribution is -0.703. The van der Waals surface area contributed by atoms with Crippen molar-refractivity contribution in [1.29, 1.82) is 0 Å². The third-order valence-electron chi connectivity index (χ3n) is 3.17. The highest BCUT2D eigenvalue weighted by Crippen LogP contribution is 2.06. The predicted molar refractivity (Wildman–Crippen MR) is 80.0 cm³/mol. The second-order valence-electron chi connectivity index (χ2n) is 5.15. The molecule has 3 heteroatoms. The van der Waals surface area contributed by atoms with Gasteiger partial charge in [-0.3, -0.25) is 0 Å². The zero-order chi connectivity index (χ0) is 15.2. The van der Waals surface area contributed by atoms with Crippen LogP contribution in [0, 0.1) is 6.92 Å². The summed E-state index contributed by atoms with van der Waals surface area (Å²) in [6, 6.07) is 6.41. The van der Waals surface area contributed by atoms with E-state index in [4.69, 9.17) is 9.90 Å². The molecule has 0 saturated heterocycles. The molecule has 0 radical (unpaired) electrons. The first-order chi connectivity index (χ1) is 9.57. The van der Waals surface area contributed by atoms with Gasteiger partial charge in [0.05, 0.1) is 0 Å². The van der Waals surface area contributed by atoms with Crippen LogP contribution in [0.3, 0.4) is 0 Å². The van der Waals surface area contributed by atoms with E-state index in [-0.39, 0.29) is 0 Å². The van der Waals surface area contributed by atoms with E-state index < -0.39 is 5.97 Å². The fraction of sp³-hybridized carbons (Fsp3) is 0.647. The van der Waals surface area contributed by atoms with Crippen molar-refractivity contribution < 1.29 is 14.5 Å². The van der Waals surface area contributed by atoms with Crippen molar-refractivity contribution in [2.75, 3.05) is 0 Å². The first-order valence-electron chi connectivity index (χ1n) is 7.70. The van der Waals surface area contributed by atoms with Crippen LogP contribution >= 0.6 is 0 Å². The Hall–Kier alpha value is -1.38. The summed E-state index contributed by atoms with van der Waals surface area (Å²) in [5.41, 5.74) is 1.37. The molecule has 0 aliphatic rings. The topological polar surface area (TPSA) is 44.0 Å². The van der Waals surface area contributed by atoms with E-state index >= 15 is 0 Å². The number of unbranched alkanes of at least 4 members (excludes halogenated alkanes) is 6. The Morgan fingerprint density at radius 3 is 2.20 bits per heavy atom. The van der Waals surface area contributed by atoms with Crippen LogP contribution in [0.2, 0.25) is 0 Å². The van der Waals surface area contributed by atoms with Crippen molar-refractivity contribution in [3.05, 3.63) is 30.1 Å². The molecule has 0 spiro atoms. The van der Waals surface area contributed by atoms with Crippen LogP contribution in [0.1, 0.15) is 64.5 Å². The highest BCUT2D eigenvalue weighted by atomic mass is 16.4. The van der Waals surface area contributed by atoms with Crippen molar-refractivity contribution in [3.8, 4) is 0 Å². The van der Waals surface area contributed by atoms with Gasteiger partial charge in [0, 0.05) is 31.4 Å². The molecule has 0 N–H and O–H groups in total. The van der Waals surface area contributed by atoms with Crippen LogP contribution in [0.4, 0.5) is 0 Å². The molecule has 1 aromatic rings. The predicted octanol–water partition coefficient (Wildman–Crippen LogP) is 2.79. The fourth-order valence-corrected chi connectivity index (χ4v) is 2.05. The Kier molecular flexibility index (Phi) is 11.8. The van der Waals surface area contributed by atoms with Gasteiger partial charge >= 0.3 is 0 Å². The highest BCUT2D eigenvalue weighted by molar-refractivity contribution is 5.60. The number of aromatic nitrogens is 1. The van der Waals surface area contributed by atoms with E-state index in [2.05, 4.69) is 42.8 Å². The van der Waals surface area contributed by atoms with Gasteiger partial charge in [0.25, 0.3) is 0 Å². The summed E-state index contributed by atoms with van der Waals surface area (Å²) in [7, 11) is 0. The number of pyridine rings is 1. The van der Waals surface area contributed by atoms with E-state index in [0.29, 0.717) is 0 Å². The quantitative estimate of drug-likeness (QED) is 0.542. The van der Waals surface area contributed by atoms with Gasteiger partial charge in [-0.05, 0) is 13.3 Å². The lowest BCUT2D eigenvalue weighted by Gasteiger charge is -2.01. The largest absolute Gasteiger partial charge is 0.550 e. The number of nitrogens with zero attached hydrogens (tertiary/aromatic N) is 1. The van der Waals surface area contributed by atoms with Gasteiger partial charge in [-0.25, -0.2) is 4.57 Å². The van der Waals surface area contributed by atoms with Gasteiger partial charge < -0.3 is 9.90 Å². The maximum Gasteiger partial charge on any atom is 0.178 e. The average molecular weight is 279 g/mol. The summed E-state index contributed by atoms with van der Waals surface area (Å²) in [6.07, 6.45) is 11.9. The number of carboxylic acids is 1. The third kappa shape index (κ3) is 11.7. The van der Waals surface area contributed by atoms with Crippen molar-refractivity contribution in [3.63, 3.8) is 0 Å². The molecule has 0 unspecified atom stereocenters. The molecule has 3 nitrogen and oxygen atoms in total. The van der Waals surface area contributed by atoms with Crippen LogP contribution in [0.15, 0.2) is 24.4 Å². The van der Waals surface area contributed by atoms with Crippen LogP contribution in [0.5, 0.6) is 0 Å². The Balaban J connectivity index is 0.000000796. The molecule has 0 atom stereocenters. The molecule has 1 heterocycles. The lowest BCUT2D eigenvalue weighted by Crippen LogP contribution is -2.36. The first kappa shape index (κ1) is 18.6. The van der Waals surface area contributed by atoms with Crippen molar-refractivity contribution in [2.45, 2.75) is 72.3 Å².